The third-order valence-corrected chi connectivity index (χ3v) is 5.78. The van der Waals surface area contributed by atoms with E-state index in [-0.39, 0.29) is 0 Å². The minimum atomic E-state index is -3.59. The Balaban J connectivity index is 2.06. The van der Waals surface area contributed by atoms with Gasteiger partial charge in [-0.15, -0.1) is 0 Å². The highest BCUT2D eigenvalue weighted by atomic mass is 32.2. The zero-order chi connectivity index (χ0) is 19.8. The molecule has 0 saturated heterocycles. The van der Waals surface area contributed by atoms with E-state index in [2.05, 4.69) is 9.82 Å². The van der Waals surface area contributed by atoms with E-state index in [0.717, 1.165) is 28.1 Å². The molecule has 9 heteroatoms. The molecule has 1 heterocycles. The molecule has 0 spiro atoms. The number of hydrogen-bond donors (Lipinski definition) is 1. The van der Waals surface area contributed by atoms with E-state index in [0.29, 0.717) is 23.4 Å². The highest BCUT2D eigenvalue weighted by Crippen LogP contribution is 2.36. The predicted molar refractivity (Wildman–Crippen MR) is 107 cm³/mol. The molecular weight excluding hydrogens is 386 g/mol. The van der Waals surface area contributed by atoms with Crippen molar-refractivity contribution >= 4 is 31.4 Å². The van der Waals surface area contributed by atoms with E-state index < -0.39 is 26.1 Å². The lowest BCUT2D eigenvalue weighted by molar-refractivity contribution is 0.374. The molecule has 7 nitrogen and oxygen atoms in total. The number of nitrogens with zero attached hydrogens (tertiary/aromatic N) is 2. The van der Waals surface area contributed by atoms with Crippen molar-refractivity contribution in [2.45, 2.75) is 19.4 Å². The number of sulfonamides is 2. The maximum absolute atomic E-state index is 12.3. The van der Waals surface area contributed by atoms with Crippen LogP contribution in [-0.4, -0.2) is 39.5 Å². The van der Waals surface area contributed by atoms with Gasteiger partial charge < -0.3 is 0 Å². The summed E-state index contributed by atoms with van der Waals surface area (Å²) in [6.45, 7) is 1.94. The van der Waals surface area contributed by atoms with Gasteiger partial charge in [-0.1, -0.05) is 48.0 Å². The number of benzene rings is 2. The van der Waals surface area contributed by atoms with Crippen molar-refractivity contribution in [2.24, 2.45) is 5.10 Å². The van der Waals surface area contributed by atoms with Crippen LogP contribution in [0.5, 0.6) is 0 Å². The number of para-hydroxylation sites is 1. The van der Waals surface area contributed by atoms with Crippen LogP contribution in [0.25, 0.3) is 0 Å². The first kappa shape index (κ1) is 19.4. The summed E-state index contributed by atoms with van der Waals surface area (Å²) in [4.78, 5) is 0. The SMILES string of the molecule is Cc1cccc([C@@H]2CC(c3ccccc3NS(C)(=O)=O)=NN2S(C)(=O)=O)c1. The topological polar surface area (TPSA) is 95.9 Å². The fourth-order valence-electron chi connectivity index (χ4n) is 3.11. The number of anilines is 1. The van der Waals surface area contributed by atoms with Gasteiger partial charge in [-0.3, -0.25) is 4.72 Å². The Kier molecular flexibility index (Phi) is 5.00. The highest BCUT2D eigenvalue weighted by Gasteiger charge is 2.35. The summed E-state index contributed by atoms with van der Waals surface area (Å²) in [6.07, 6.45) is 2.53. The molecule has 2 aromatic rings. The van der Waals surface area contributed by atoms with Gasteiger partial charge in [-0.05, 0) is 18.6 Å². The average Bonchev–Trinajstić information content (AvgIpc) is 2.99. The van der Waals surface area contributed by atoms with Crippen LogP contribution in [0, 0.1) is 6.92 Å². The second-order valence-corrected chi connectivity index (χ2v) is 10.2. The zero-order valence-corrected chi connectivity index (χ0v) is 16.9. The molecule has 0 radical (unpaired) electrons. The lowest BCUT2D eigenvalue weighted by Crippen LogP contribution is -2.25. The molecule has 0 bridgehead atoms. The first-order valence-corrected chi connectivity index (χ1v) is 12.0. The zero-order valence-electron chi connectivity index (χ0n) is 15.2. The Bertz CT molecular complexity index is 1110. The maximum Gasteiger partial charge on any atom is 0.247 e. The Morgan fingerprint density at radius 1 is 1.04 bits per heavy atom. The van der Waals surface area contributed by atoms with Gasteiger partial charge in [-0.25, -0.2) is 16.8 Å². The fraction of sp³-hybridized carbons (Fsp3) is 0.278. The summed E-state index contributed by atoms with van der Waals surface area (Å²) in [5.74, 6) is 0. The molecule has 0 aromatic heterocycles. The summed E-state index contributed by atoms with van der Waals surface area (Å²) < 4.78 is 51.5. The third kappa shape index (κ3) is 4.48. The van der Waals surface area contributed by atoms with E-state index in [4.69, 9.17) is 0 Å². The van der Waals surface area contributed by atoms with Crippen molar-refractivity contribution in [2.75, 3.05) is 17.2 Å². The van der Waals surface area contributed by atoms with E-state index in [9.17, 15) is 16.8 Å². The van der Waals surface area contributed by atoms with E-state index in [1.165, 1.54) is 0 Å². The second-order valence-electron chi connectivity index (χ2n) is 6.64. The Hall–Kier alpha value is -2.39. The van der Waals surface area contributed by atoms with Gasteiger partial charge in [0.15, 0.2) is 0 Å². The molecule has 1 aliphatic heterocycles. The molecule has 0 fully saturated rings. The average molecular weight is 408 g/mol. The van der Waals surface area contributed by atoms with Gasteiger partial charge in [0.2, 0.25) is 20.0 Å². The molecule has 1 N–H and O–H groups in total. The Labute approximate surface area is 159 Å². The molecule has 0 amide bonds. The molecule has 2 aromatic carbocycles. The molecule has 1 atom stereocenters. The molecule has 0 aliphatic carbocycles. The highest BCUT2D eigenvalue weighted by molar-refractivity contribution is 7.92. The summed E-state index contributed by atoms with van der Waals surface area (Å²) in [5, 5.41) is 4.33. The molecular formula is C18H21N3O4S2. The van der Waals surface area contributed by atoms with Gasteiger partial charge in [0.1, 0.15) is 0 Å². The summed E-state index contributed by atoms with van der Waals surface area (Å²) in [5.41, 5.74) is 3.31. The molecule has 3 rings (SSSR count). The predicted octanol–water partition coefficient (Wildman–Crippen LogP) is 2.48. The van der Waals surface area contributed by atoms with Gasteiger partial charge in [0, 0.05) is 12.0 Å². The van der Waals surface area contributed by atoms with Crippen LogP contribution in [0.3, 0.4) is 0 Å². The number of rotatable bonds is 5. The van der Waals surface area contributed by atoms with E-state index in [1.54, 1.807) is 24.3 Å². The smallest absolute Gasteiger partial charge is 0.247 e. The monoisotopic (exact) mass is 407 g/mol. The maximum atomic E-state index is 12.3. The van der Waals surface area contributed by atoms with Crippen LogP contribution in [0.4, 0.5) is 5.69 Å². The van der Waals surface area contributed by atoms with Crippen LogP contribution in [0.15, 0.2) is 53.6 Å². The number of hydrogen-bond acceptors (Lipinski definition) is 5. The largest absolute Gasteiger partial charge is 0.283 e. The van der Waals surface area contributed by atoms with Crippen molar-refractivity contribution in [1.82, 2.24) is 4.41 Å². The minimum absolute atomic E-state index is 0.346. The van der Waals surface area contributed by atoms with Crippen molar-refractivity contribution in [1.29, 1.82) is 0 Å². The molecule has 144 valence electrons. The first-order valence-electron chi connectivity index (χ1n) is 8.25. The second kappa shape index (κ2) is 6.97. The van der Waals surface area contributed by atoms with Crippen molar-refractivity contribution < 1.29 is 16.8 Å². The Morgan fingerprint density at radius 2 is 1.74 bits per heavy atom. The van der Waals surface area contributed by atoms with Gasteiger partial charge in [-0.2, -0.15) is 9.52 Å². The van der Waals surface area contributed by atoms with Crippen molar-refractivity contribution in [3.8, 4) is 0 Å². The van der Waals surface area contributed by atoms with Crippen LogP contribution < -0.4 is 4.72 Å². The quantitative estimate of drug-likeness (QED) is 0.824. The molecule has 27 heavy (non-hydrogen) atoms. The number of hydrazone groups is 1. The van der Waals surface area contributed by atoms with Crippen LogP contribution in [0.2, 0.25) is 0 Å². The fourth-order valence-corrected chi connectivity index (χ4v) is 4.59. The summed E-state index contributed by atoms with van der Waals surface area (Å²) in [6, 6.07) is 14.0. The standard InChI is InChI=1S/C18H21N3O4S2/c1-13-7-6-8-14(11-13)18-12-17(19-21(18)27(3,24)25)15-9-4-5-10-16(15)20-26(2,22)23/h4-11,18,20H,12H2,1-3H3/t18-/m0/s1. The van der Waals surface area contributed by atoms with Crippen molar-refractivity contribution in [3.63, 3.8) is 0 Å². The lowest BCUT2D eigenvalue weighted by atomic mass is 9.97. The van der Waals surface area contributed by atoms with Crippen LogP contribution in [0.1, 0.15) is 29.2 Å². The van der Waals surface area contributed by atoms with E-state index in [1.807, 2.05) is 31.2 Å². The third-order valence-electron chi connectivity index (χ3n) is 4.17. The van der Waals surface area contributed by atoms with Crippen LogP contribution in [-0.2, 0) is 20.0 Å². The normalized spacial score (nSPS) is 17.7. The summed E-state index contributed by atoms with van der Waals surface area (Å²) in [7, 11) is -7.07. The first-order chi connectivity index (χ1) is 12.5. The number of nitrogens with one attached hydrogen (secondary N) is 1. The van der Waals surface area contributed by atoms with Gasteiger partial charge >= 0.3 is 0 Å². The molecule has 1 aliphatic rings. The minimum Gasteiger partial charge on any atom is -0.283 e. The van der Waals surface area contributed by atoms with Gasteiger partial charge in [0.25, 0.3) is 0 Å². The van der Waals surface area contributed by atoms with Crippen molar-refractivity contribution in [3.05, 3.63) is 65.2 Å². The Morgan fingerprint density at radius 3 is 2.37 bits per heavy atom. The summed E-state index contributed by atoms with van der Waals surface area (Å²) >= 11 is 0. The number of aryl methyl sites for hydroxylation is 1. The van der Waals surface area contributed by atoms with Crippen LogP contribution >= 0.6 is 0 Å². The van der Waals surface area contributed by atoms with E-state index >= 15 is 0 Å². The van der Waals surface area contributed by atoms with Gasteiger partial charge in [0.05, 0.1) is 30.0 Å². The molecule has 0 unspecified atom stereocenters. The lowest BCUT2D eigenvalue weighted by Gasteiger charge is -2.21. The molecule has 0 saturated carbocycles.